The van der Waals surface area contributed by atoms with E-state index in [1.165, 1.54) is 0 Å². The number of hydrogen-bond donors (Lipinski definition) is 1. The van der Waals surface area contributed by atoms with Crippen LogP contribution < -0.4 is 5.73 Å². The fraction of sp³-hybridized carbons (Fsp3) is 0.500. The number of aromatic nitrogens is 3. The topological polar surface area (TPSA) is 60.0 Å². The molecule has 0 aliphatic rings. The van der Waals surface area contributed by atoms with E-state index >= 15 is 0 Å². The zero-order valence-electron chi connectivity index (χ0n) is 10.8. The SMILES string of the molecule is Cc1cnc2c(c1)nc(N)n2CC(C)N(C)C. The maximum atomic E-state index is 5.95. The van der Waals surface area contributed by atoms with Gasteiger partial charge in [-0.2, -0.15) is 0 Å². The van der Waals surface area contributed by atoms with Crippen molar-refractivity contribution in [3.05, 3.63) is 17.8 Å². The Morgan fingerprint density at radius 2 is 2.18 bits per heavy atom. The van der Waals surface area contributed by atoms with Crippen molar-refractivity contribution in [3.8, 4) is 0 Å². The van der Waals surface area contributed by atoms with Gasteiger partial charge < -0.3 is 10.6 Å². The number of nitrogens with two attached hydrogens (primary N) is 1. The minimum atomic E-state index is 0.387. The van der Waals surface area contributed by atoms with Gasteiger partial charge in [-0.15, -0.1) is 0 Å². The number of rotatable bonds is 3. The highest BCUT2D eigenvalue weighted by atomic mass is 15.2. The summed E-state index contributed by atoms with van der Waals surface area (Å²) in [5.74, 6) is 0.534. The minimum absolute atomic E-state index is 0.387. The zero-order chi connectivity index (χ0) is 12.6. The summed E-state index contributed by atoms with van der Waals surface area (Å²) in [6, 6.07) is 2.40. The lowest BCUT2D eigenvalue weighted by molar-refractivity contribution is 0.286. The molecule has 5 heteroatoms. The van der Waals surface area contributed by atoms with Gasteiger partial charge >= 0.3 is 0 Å². The van der Waals surface area contributed by atoms with Crippen molar-refractivity contribution in [1.29, 1.82) is 0 Å². The van der Waals surface area contributed by atoms with Gasteiger partial charge in [-0.05, 0) is 39.6 Å². The Bertz CT molecular complexity index is 529. The van der Waals surface area contributed by atoms with Crippen molar-refractivity contribution in [2.45, 2.75) is 26.4 Å². The highest BCUT2D eigenvalue weighted by molar-refractivity contribution is 5.74. The zero-order valence-corrected chi connectivity index (χ0v) is 10.8. The molecule has 0 aliphatic carbocycles. The van der Waals surface area contributed by atoms with Gasteiger partial charge in [0.05, 0.1) is 0 Å². The predicted molar refractivity (Wildman–Crippen MR) is 69.8 cm³/mol. The van der Waals surface area contributed by atoms with Gasteiger partial charge in [0.1, 0.15) is 5.52 Å². The van der Waals surface area contributed by atoms with Gasteiger partial charge in [0.15, 0.2) is 5.65 Å². The second-order valence-electron chi connectivity index (χ2n) is 4.75. The van der Waals surface area contributed by atoms with Crippen molar-refractivity contribution < 1.29 is 0 Å². The van der Waals surface area contributed by atoms with Crippen molar-refractivity contribution in [3.63, 3.8) is 0 Å². The summed E-state index contributed by atoms with van der Waals surface area (Å²) in [5, 5.41) is 0. The number of anilines is 1. The van der Waals surface area contributed by atoms with E-state index in [2.05, 4.69) is 35.9 Å². The van der Waals surface area contributed by atoms with Gasteiger partial charge in [-0.3, -0.25) is 4.57 Å². The highest BCUT2D eigenvalue weighted by Gasteiger charge is 2.13. The Balaban J connectivity index is 2.43. The Morgan fingerprint density at radius 3 is 2.82 bits per heavy atom. The molecule has 1 atom stereocenters. The Morgan fingerprint density at radius 1 is 1.47 bits per heavy atom. The third kappa shape index (κ3) is 2.24. The van der Waals surface area contributed by atoms with E-state index in [0.717, 1.165) is 23.3 Å². The number of fused-ring (bicyclic) bond motifs is 1. The van der Waals surface area contributed by atoms with Gasteiger partial charge in [0, 0.05) is 18.8 Å². The highest BCUT2D eigenvalue weighted by Crippen LogP contribution is 2.17. The number of hydrogen-bond acceptors (Lipinski definition) is 4. The molecule has 5 nitrogen and oxygen atoms in total. The molecular weight excluding hydrogens is 214 g/mol. The number of nitrogen functional groups attached to an aromatic ring is 1. The van der Waals surface area contributed by atoms with Crippen molar-refractivity contribution in [2.24, 2.45) is 0 Å². The summed E-state index contributed by atoms with van der Waals surface area (Å²) in [6.45, 7) is 4.95. The molecule has 17 heavy (non-hydrogen) atoms. The normalized spacial score (nSPS) is 13.5. The van der Waals surface area contributed by atoms with Crippen molar-refractivity contribution >= 4 is 17.1 Å². The van der Waals surface area contributed by atoms with E-state index in [4.69, 9.17) is 5.73 Å². The van der Waals surface area contributed by atoms with Crippen LogP contribution >= 0.6 is 0 Å². The number of likely N-dealkylation sites (N-methyl/N-ethyl adjacent to an activating group) is 1. The summed E-state index contributed by atoms with van der Waals surface area (Å²) in [4.78, 5) is 10.9. The molecule has 0 fully saturated rings. The first kappa shape index (κ1) is 11.9. The summed E-state index contributed by atoms with van der Waals surface area (Å²) >= 11 is 0. The monoisotopic (exact) mass is 233 g/mol. The van der Waals surface area contributed by atoms with Crippen LogP contribution in [0.2, 0.25) is 0 Å². The van der Waals surface area contributed by atoms with E-state index in [0.29, 0.717) is 12.0 Å². The van der Waals surface area contributed by atoms with E-state index in [1.807, 2.05) is 23.8 Å². The molecule has 0 aromatic carbocycles. The molecule has 1 unspecified atom stereocenters. The number of pyridine rings is 1. The maximum absolute atomic E-state index is 5.95. The summed E-state index contributed by atoms with van der Waals surface area (Å²) in [6.07, 6.45) is 1.85. The first-order valence-electron chi connectivity index (χ1n) is 5.74. The molecule has 0 radical (unpaired) electrons. The van der Waals surface area contributed by atoms with E-state index < -0.39 is 0 Å². The number of imidazole rings is 1. The quantitative estimate of drug-likeness (QED) is 0.867. The average molecular weight is 233 g/mol. The van der Waals surface area contributed by atoms with Crippen LogP contribution in [0, 0.1) is 6.92 Å². The molecule has 0 saturated heterocycles. The Hall–Kier alpha value is -1.62. The van der Waals surface area contributed by atoms with Gasteiger partial charge in [0.2, 0.25) is 5.95 Å². The van der Waals surface area contributed by atoms with Crippen LogP contribution in [0.25, 0.3) is 11.2 Å². The van der Waals surface area contributed by atoms with E-state index in [9.17, 15) is 0 Å². The predicted octanol–water partition coefficient (Wildman–Crippen LogP) is 1.27. The van der Waals surface area contributed by atoms with Gasteiger partial charge in [-0.1, -0.05) is 0 Å². The maximum Gasteiger partial charge on any atom is 0.202 e. The van der Waals surface area contributed by atoms with Crippen molar-refractivity contribution in [2.75, 3.05) is 19.8 Å². The lowest BCUT2D eigenvalue weighted by Crippen LogP contribution is -2.29. The van der Waals surface area contributed by atoms with Crippen LogP contribution in [0.4, 0.5) is 5.95 Å². The van der Waals surface area contributed by atoms with Crippen LogP contribution in [-0.4, -0.2) is 39.6 Å². The smallest absolute Gasteiger partial charge is 0.202 e. The molecule has 2 aromatic heterocycles. The van der Waals surface area contributed by atoms with Crippen molar-refractivity contribution in [1.82, 2.24) is 19.4 Å². The number of nitrogens with zero attached hydrogens (tertiary/aromatic N) is 4. The van der Waals surface area contributed by atoms with Crippen LogP contribution in [0.3, 0.4) is 0 Å². The first-order valence-corrected chi connectivity index (χ1v) is 5.74. The first-order chi connectivity index (χ1) is 7.99. The molecule has 0 aliphatic heterocycles. The molecule has 0 amide bonds. The molecule has 0 saturated carbocycles. The molecule has 2 rings (SSSR count). The summed E-state index contributed by atoms with van der Waals surface area (Å²) in [5.41, 5.74) is 8.78. The number of aryl methyl sites for hydroxylation is 1. The molecule has 2 N–H and O–H groups in total. The minimum Gasteiger partial charge on any atom is -0.369 e. The molecule has 0 spiro atoms. The Kier molecular flexibility index (Phi) is 3.02. The fourth-order valence-corrected chi connectivity index (χ4v) is 1.74. The molecule has 2 heterocycles. The summed E-state index contributed by atoms with van der Waals surface area (Å²) in [7, 11) is 4.11. The van der Waals surface area contributed by atoms with Crippen LogP contribution in [-0.2, 0) is 6.54 Å². The third-order valence-corrected chi connectivity index (χ3v) is 3.08. The third-order valence-electron chi connectivity index (χ3n) is 3.08. The lowest BCUT2D eigenvalue weighted by Gasteiger charge is -2.20. The Labute approximate surface area is 101 Å². The van der Waals surface area contributed by atoms with Crippen LogP contribution in [0.1, 0.15) is 12.5 Å². The molecular formula is C12H19N5. The fourth-order valence-electron chi connectivity index (χ4n) is 1.74. The largest absolute Gasteiger partial charge is 0.369 e. The summed E-state index contributed by atoms with van der Waals surface area (Å²) < 4.78 is 1.97. The second kappa shape index (κ2) is 4.33. The van der Waals surface area contributed by atoms with Gasteiger partial charge in [-0.25, -0.2) is 9.97 Å². The second-order valence-corrected chi connectivity index (χ2v) is 4.75. The molecule has 2 aromatic rings. The van der Waals surface area contributed by atoms with E-state index in [-0.39, 0.29) is 0 Å². The average Bonchev–Trinajstić information content (AvgIpc) is 2.54. The lowest BCUT2D eigenvalue weighted by atomic mass is 10.3. The van der Waals surface area contributed by atoms with Crippen LogP contribution in [0.15, 0.2) is 12.3 Å². The van der Waals surface area contributed by atoms with Gasteiger partial charge in [0.25, 0.3) is 0 Å². The van der Waals surface area contributed by atoms with Crippen LogP contribution in [0.5, 0.6) is 0 Å². The standard InChI is InChI=1S/C12H19N5/c1-8-5-10-11(14-6-8)17(12(13)15-10)7-9(2)16(3)4/h5-6,9H,7H2,1-4H3,(H2,13,15). The van der Waals surface area contributed by atoms with E-state index in [1.54, 1.807) is 0 Å². The molecule has 0 bridgehead atoms. The molecule has 92 valence electrons.